The Morgan fingerprint density at radius 3 is 2.55 bits per heavy atom. The highest BCUT2D eigenvalue weighted by atomic mass is 16.5. The molecule has 2 N–H and O–H groups in total. The molecule has 2 rings (SSSR count). The second-order valence-electron chi connectivity index (χ2n) is 9.29. The van der Waals surface area contributed by atoms with Gasteiger partial charge in [-0.2, -0.15) is 0 Å². The van der Waals surface area contributed by atoms with Crippen molar-refractivity contribution in [2.45, 2.75) is 70.8 Å². The van der Waals surface area contributed by atoms with Gasteiger partial charge in [0.1, 0.15) is 11.8 Å². The maximum absolute atomic E-state index is 12.3. The molecule has 8 heteroatoms. The van der Waals surface area contributed by atoms with Crippen LogP contribution in [0.4, 0.5) is 0 Å². The van der Waals surface area contributed by atoms with E-state index in [2.05, 4.69) is 30.3 Å². The van der Waals surface area contributed by atoms with Gasteiger partial charge < -0.3 is 20.1 Å². The molecule has 1 aromatic carbocycles. The van der Waals surface area contributed by atoms with Gasteiger partial charge >= 0.3 is 11.9 Å². The van der Waals surface area contributed by atoms with Gasteiger partial charge in [-0.05, 0) is 56.5 Å². The molecule has 1 saturated heterocycles. The number of amides is 1. The molecule has 0 aromatic heterocycles. The molecule has 0 aliphatic carbocycles. The summed E-state index contributed by atoms with van der Waals surface area (Å²) in [6, 6.07) is 6.39. The number of Topliss-reactive ketones (excluding diaryl/α,β-unsaturated/α-hetero) is 1. The van der Waals surface area contributed by atoms with Crippen LogP contribution < -0.4 is 10.1 Å². The third-order valence-corrected chi connectivity index (χ3v) is 6.40. The van der Waals surface area contributed by atoms with Crippen LogP contribution in [0.15, 0.2) is 24.3 Å². The van der Waals surface area contributed by atoms with E-state index in [1.165, 1.54) is 6.42 Å². The number of ether oxygens (including phenoxy) is 1. The molecule has 33 heavy (non-hydrogen) atoms. The lowest BCUT2D eigenvalue weighted by Gasteiger charge is -2.35. The number of benzene rings is 1. The lowest BCUT2D eigenvalue weighted by atomic mass is 9.74. The molecule has 0 bridgehead atoms. The Balaban J connectivity index is 1.97. The van der Waals surface area contributed by atoms with Gasteiger partial charge in [0.15, 0.2) is 0 Å². The minimum absolute atomic E-state index is 0.00117. The van der Waals surface area contributed by atoms with Crippen molar-refractivity contribution in [3.63, 3.8) is 0 Å². The normalized spacial score (nSPS) is 20.0. The summed E-state index contributed by atoms with van der Waals surface area (Å²) < 4.78 is 5.45. The third kappa shape index (κ3) is 7.39. The summed E-state index contributed by atoms with van der Waals surface area (Å²) in [5, 5.41) is 11.3. The monoisotopic (exact) mass is 460 g/mol. The van der Waals surface area contributed by atoms with Gasteiger partial charge in [0, 0.05) is 18.4 Å². The van der Waals surface area contributed by atoms with Crippen LogP contribution in [0, 0.1) is 5.92 Å². The number of rotatable bonds is 10. The number of likely N-dealkylation sites (N-methyl/N-ethyl adjacent to an activating group) is 1. The number of carboxylic acids is 1. The highest BCUT2D eigenvalue weighted by Crippen LogP contribution is 2.37. The van der Waals surface area contributed by atoms with Crippen molar-refractivity contribution in [2.75, 3.05) is 20.1 Å². The van der Waals surface area contributed by atoms with E-state index in [0.29, 0.717) is 5.75 Å². The number of nitrogens with zero attached hydrogens (tertiary/aromatic N) is 1. The lowest BCUT2D eigenvalue weighted by molar-refractivity contribution is -0.146. The molecular weight excluding hydrogens is 424 g/mol. The zero-order valence-corrected chi connectivity index (χ0v) is 20.1. The smallest absolute Gasteiger partial charge is 0.326 e. The molecule has 1 fully saturated rings. The average molecular weight is 461 g/mol. The molecule has 8 nitrogen and oxygen atoms in total. The molecule has 1 amide bonds. The summed E-state index contributed by atoms with van der Waals surface area (Å²) in [7, 11) is 2.13. The Hall–Kier alpha value is -2.74. The van der Waals surface area contributed by atoms with Gasteiger partial charge in [-0.25, -0.2) is 4.79 Å². The summed E-state index contributed by atoms with van der Waals surface area (Å²) in [6.07, 6.45) is 3.75. The van der Waals surface area contributed by atoms with Gasteiger partial charge in [0.05, 0.1) is 6.42 Å². The van der Waals surface area contributed by atoms with Crippen molar-refractivity contribution in [3.05, 3.63) is 29.8 Å². The lowest BCUT2D eigenvalue weighted by Crippen LogP contribution is -2.47. The number of aliphatic carboxylic acids is 1. The third-order valence-electron chi connectivity index (χ3n) is 6.40. The predicted molar refractivity (Wildman–Crippen MR) is 124 cm³/mol. The number of nitrogens with one attached hydrogen (secondary N) is 1. The molecule has 1 aromatic rings. The summed E-state index contributed by atoms with van der Waals surface area (Å²) >= 11 is 0. The summed E-state index contributed by atoms with van der Waals surface area (Å²) in [5.74, 6) is -3.64. The number of hydrogen-bond donors (Lipinski definition) is 2. The zero-order chi connectivity index (χ0) is 24.6. The minimum atomic E-state index is -1.21. The number of ketones is 1. The van der Waals surface area contributed by atoms with E-state index in [-0.39, 0.29) is 24.2 Å². The average Bonchev–Trinajstić information content (AvgIpc) is 2.97. The summed E-state index contributed by atoms with van der Waals surface area (Å²) in [4.78, 5) is 49.9. The number of carboxylic acid groups (broad SMARTS) is 1. The highest BCUT2D eigenvalue weighted by Gasteiger charge is 2.33. The fourth-order valence-corrected chi connectivity index (χ4v) is 4.38. The van der Waals surface area contributed by atoms with Gasteiger partial charge in [0.25, 0.3) is 5.91 Å². The maximum Gasteiger partial charge on any atom is 0.326 e. The predicted octanol–water partition coefficient (Wildman–Crippen LogP) is 2.93. The van der Waals surface area contributed by atoms with Crippen LogP contribution in [0.1, 0.15) is 64.9 Å². The molecule has 2 atom stereocenters. The first kappa shape index (κ1) is 26.5. The number of hydrogen-bond acceptors (Lipinski definition) is 6. The van der Waals surface area contributed by atoms with Crippen LogP contribution in [-0.4, -0.2) is 59.8 Å². The van der Waals surface area contributed by atoms with Crippen LogP contribution in [0.5, 0.6) is 5.75 Å². The minimum Gasteiger partial charge on any atom is -0.480 e. The number of esters is 1. The highest BCUT2D eigenvalue weighted by molar-refractivity contribution is 6.36. The number of carbonyl (C=O) groups is 4. The first-order valence-corrected chi connectivity index (χ1v) is 11.6. The molecule has 1 aliphatic rings. The maximum atomic E-state index is 12.3. The molecule has 0 radical (unpaired) electrons. The van der Waals surface area contributed by atoms with E-state index < -0.39 is 29.7 Å². The van der Waals surface area contributed by atoms with Crippen molar-refractivity contribution < 1.29 is 29.0 Å². The Morgan fingerprint density at radius 1 is 1.18 bits per heavy atom. The first-order chi connectivity index (χ1) is 15.6. The SMILES string of the molecule is CCC1(c2cccc(OC(=O)CCC(=O)C(=O)N[C@H](C(=O)O)C(C)C)c2)CCCCN(C)C1. The van der Waals surface area contributed by atoms with Crippen molar-refractivity contribution in [2.24, 2.45) is 5.92 Å². The Morgan fingerprint density at radius 2 is 1.91 bits per heavy atom. The van der Waals surface area contributed by atoms with Gasteiger partial charge in [0.2, 0.25) is 5.78 Å². The van der Waals surface area contributed by atoms with Crippen molar-refractivity contribution in [1.82, 2.24) is 10.2 Å². The van der Waals surface area contributed by atoms with Gasteiger partial charge in [-0.15, -0.1) is 0 Å². The second kappa shape index (κ2) is 11.9. The molecule has 0 saturated carbocycles. The Labute approximate surface area is 195 Å². The molecule has 1 heterocycles. The van der Waals surface area contributed by atoms with Crippen molar-refractivity contribution >= 4 is 23.6 Å². The Bertz CT molecular complexity index is 868. The number of carbonyl (C=O) groups excluding carboxylic acids is 3. The van der Waals surface area contributed by atoms with E-state index in [0.717, 1.165) is 37.9 Å². The molecule has 182 valence electrons. The van der Waals surface area contributed by atoms with Crippen molar-refractivity contribution in [3.8, 4) is 5.75 Å². The van der Waals surface area contributed by atoms with Crippen LogP contribution in [0.25, 0.3) is 0 Å². The fourth-order valence-electron chi connectivity index (χ4n) is 4.38. The Kier molecular flexibility index (Phi) is 9.58. The summed E-state index contributed by atoms with van der Waals surface area (Å²) in [6.45, 7) is 7.46. The number of likely N-dealkylation sites (tertiary alicyclic amines) is 1. The van der Waals surface area contributed by atoms with Crippen LogP contribution >= 0.6 is 0 Å². The van der Waals surface area contributed by atoms with Crippen LogP contribution in [0.3, 0.4) is 0 Å². The van der Waals surface area contributed by atoms with Crippen LogP contribution in [0.2, 0.25) is 0 Å². The second-order valence-corrected chi connectivity index (χ2v) is 9.29. The fraction of sp³-hybridized carbons (Fsp3) is 0.600. The van der Waals surface area contributed by atoms with Gasteiger partial charge in [-0.3, -0.25) is 14.4 Å². The van der Waals surface area contributed by atoms with E-state index >= 15 is 0 Å². The van der Waals surface area contributed by atoms with E-state index in [4.69, 9.17) is 9.84 Å². The topological polar surface area (TPSA) is 113 Å². The largest absolute Gasteiger partial charge is 0.480 e. The molecule has 0 spiro atoms. The quantitative estimate of drug-likeness (QED) is 0.314. The standard InChI is InChI=1S/C25H36N2O6/c1-5-25(13-6-7-14-27(4)16-25)18-9-8-10-19(15-18)33-21(29)12-11-20(28)23(30)26-22(17(2)3)24(31)32/h8-10,15,17,22H,5-7,11-14,16H2,1-4H3,(H,26,30)(H,31,32)/t22-,25?/m0/s1. The molecule has 1 unspecified atom stereocenters. The van der Waals surface area contributed by atoms with E-state index in [1.54, 1.807) is 19.9 Å². The van der Waals surface area contributed by atoms with E-state index in [9.17, 15) is 19.2 Å². The molecule has 1 aliphatic heterocycles. The first-order valence-electron chi connectivity index (χ1n) is 11.6. The molecular formula is C25H36N2O6. The van der Waals surface area contributed by atoms with Crippen LogP contribution in [-0.2, 0) is 24.6 Å². The zero-order valence-electron chi connectivity index (χ0n) is 20.1. The van der Waals surface area contributed by atoms with Crippen molar-refractivity contribution in [1.29, 1.82) is 0 Å². The van der Waals surface area contributed by atoms with Gasteiger partial charge in [-0.1, -0.05) is 39.3 Å². The summed E-state index contributed by atoms with van der Waals surface area (Å²) in [5.41, 5.74) is 1.13. The van der Waals surface area contributed by atoms with E-state index in [1.807, 2.05) is 12.1 Å².